The van der Waals surface area contributed by atoms with Crippen LogP contribution in [0.5, 0.6) is 11.5 Å². The van der Waals surface area contributed by atoms with Crippen LogP contribution in [0.25, 0.3) is 6.08 Å². The number of halogens is 1. The van der Waals surface area contributed by atoms with Gasteiger partial charge in [0.15, 0.2) is 11.5 Å². The van der Waals surface area contributed by atoms with E-state index in [4.69, 9.17) is 26.4 Å². The van der Waals surface area contributed by atoms with Crippen molar-refractivity contribution in [2.75, 3.05) is 14.2 Å². The Balaban J connectivity index is 1.84. The van der Waals surface area contributed by atoms with E-state index in [-0.39, 0.29) is 5.91 Å². The molecule has 1 aliphatic heterocycles. The van der Waals surface area contributed by atoms with Gasteiger partial charge in [-0.1, -0.05) is 54.3 Å². The minimum Gasteiger partial charge on any atom is -0.493 e. The SMILES string of the molecule is COC(=O)[C@@H](C)N1C(=O)/C(=C/c2cc(Br)c(OCc3ccccc3)c(OC)c2)SC1=S. The lowest BCUT2D eigenvalue weighted by Crippen LogP contribution is -2.42. The fourth-order valence-electron chi connectivity index (χ4n) is 2.93. The molecule has 0 aromatic heterocycles. The molecule has 0 unspecified atom stereocenters. The fraction of sp³-hybridized carbons (Fsp3) is 0.227. The summed E-state index contributed by atoms with van der Waals surface area (Å²) in [6.45, 7) is 1.97. The smallest absolute Gasteiger partial charge is 0.328 e. The van der Waals surface area contributed by atoms with E-state index in [9.17, 15) is 9.59 Å². The number of nitrogens with zero attached hydrogens (tertiary/aromatic N) is 1. The Labute approximate surface area is 198 Å². The molecule has 9 heteroatoms. The van der Waals surface area contributed by atoms with Crippen LogP contribution in [0.1, 0.15) is 18.1 Å². The van der Waals surface area contributed by atoms with Gasteiger partial charge in [-0.15, -0.1) is 0 Å². The summed E-state index contributed by atoms with van der Waals surface area (Å²) < 4.78 is 17.2. The van der Waals surface area contributed by atoms with Gasteiger partial charge in [-0.3, -0.25) is 9.69 Å². The second kappa shape index (κ2) is 10.3. The Kier molecular flexibility index (Phi) is 7.74. The number of esters is 1. The van der Waals surface area contributed by atoms with Crippen molar-refractivity contribution in [1.82, 2.24) is 4.90 Å². The summed E-state index contributed by atoms with van der Waals surface area (Å²) in [5, 5.41) is 0. The summed E-state index contributed by atoms with van der Waals surface area (Å²) in [5.41, 5.74) is 1.76. The van der Waals surface area contributed by atoms with Crippen LogP contribution >= 0.6 is 39.9 Å². The Morgan fingerprint density at radius 2 is 1.97 bits per heavy atom. The van der Waals surface area contributed by atoms with Gasteiger partial charge in [0.2, 0.25) is 0 Å². The maximum Gasteiger partial charge on any atom is 0.328 e. The maximum absolute atomic E-state index is 12.8. The van der Waals surface area contributed by atoms with Crippen molar-refractivity contribution in [3.05, 3.63) is 63.0 Å². The van der Waals surface area contributed by atoms with E-state index in [0.29, 0.717) is 31.8 Å². The van der Waals surface area contributed by atoms with E-state index in [1.807, 2.05) is 36.4 Å². The first-order chi connectivity index (χ1) is 14.8. The molecule has 2 aromatic carbocycles. The number of ether oxygens (including phenoxy) is 3. The number of thioether (sulfide) groups is 1. The van der Waals surface area contributed by atoms with Crippen molar-refractivity contribution >= 4 is 62.2 Å². The van der Waals surface area contributed by atoms with E-state index >= 15 is 0 Å². The summed E-state index contributed by atoms with van der Waals surface area (Å²) >= 11 is 9.96. The van der Waals surface area contributed by atoms with Crippen LogP contribution in [-0.4, -0.2) is 41.4 Å². The Morgan fingerprint density at radius 1 is 1.26 bits per heavy atom. The van der Waals surface area contributed by atoms with Gasteiger partial charge in [-0.2, -0.15) is 0 Å². The number of carbonyl (C=O) groups is 2. The summed E-state index contributed by atoms with van der Waals surface area (Å²) in [6, 6.07) is 12.6. The van der Waals surface area contributed by atoms with Gasteiger partial charge < -0.3 is 14.2 Å². The van der Waals surface area contributed by atoms with E-state index in [1.165, 1.54) is 12.0 Å². The number of benzene rings is 2. The molecular formula is C22H20BrNO5S2. The molecule has 3 rings (SSSR count). The molecule has 31 heavy (non-hydrogen) atoms. The van der Waals surface area contributed by atoms with Crippen molar-refractivity contribution in [3.63, 3.8) is 0 Å². The highest BCUT2D eigenvalue weighted by Gasteiger charge is 2.38. The zero-order chi connectivity index (χ0) is 22.5. The quantitative estimate of drug-likeness (QED) is 0.294. The van der Waals surface area contributed by atoms with Gasteiger partial charge in [0.1, 0.15) is 17.0 Å². The molecule has 1 amide bonds. The molecule has 0 aliphatic carbocycles. The van der Waals surface area contributed by atoms with Gasteiger partial charge in [-0.05, 0) is 52.2 Å². The van der Waals surface area contributed by atoms with Crippen LogP contribution in [0.3, 0.4) is 0 Å². The molecule has 0 radical (unpaired) electrons. The van der Waals surface area contributed by atoms with Gasteiger partial charge >= 0.3 is 5.97 Å². The predicted molar refractivity (Wildman–Crippen MR) is 128 cm³/mol. The lowest BCUT2D eigenvalue weighted by Gasteiger charge is -2.20. The van der Waals surface area contributed by atoms with Crippen LogP contribution in [0.2, 0.25) is 0 Å². The highest BCUT2D eigenvalue weighted by Crippen LogP contribution is 2.40. The van der Waals surface area contributed by atoms with Crippen molar-refractivity contribution < 1.29 is 23.8 Å². The normalized spacial score (nSPS) is 15.9. The molecule has 1 saturated heterocycles. The zero-order valence-electron chi connectivity index (χ0n) is 17.1. The van der Waals surface area contributed by atoms with Gasteiger partial charge in [-0.25, -0.2) is 4.79 Å². The van der Waals surface area contributed by atoms with Crippen molar-refractivity contribution in [2.24, 2.45) is 0 Å². The Morgan fingerprint density at radius 3 is 2.61 bits per heavy atom. The summed E-state index contributed by atoms with van der Waals surface area (Å²) in [4.78, 5) is 26.3. The number of carbonyl (C=O) groups excluding carboxylic acids is 2. The van der Waals surface area contributed by atoms with E-state index in [2.05, 4.69) is 15.9 Å². The average Bonchev–Trinajstić information content (AvgIpc) is 3.04. The van der Waals surface area contributed by atoms with Crippen molar-refractivity contribution in [2.45, 2.75) is 19.6 Å². The van der Waals surface area contributed by atoms with Gasteiger partial charge in [0.05, 0.1) is 23.6 Å². The second-order valence-corrected chi connectivity index (χ2v) is 9.09. The number of hydrogen-bond acceptors (Lipinski definition) is 7. The number of rotatable bonds is 7. The molecule has 1 fully saturated rings. The van der Waals surface area contributed by atoms with Crippen LogP contribution in [-0.2, 0) is 20.9 Å². The standard InChI is InChI=1S/C22H20BrNO5S2/c1-13(21(26)28-3)24-20(25)18(31-22(24)30)11-15-9-16(23)19(17(10-15)27-2)29-12-14-7-5-4-6-8-14/h4-11,13H,12H2,1-3H3/b18-11-/t13-/m1/s1. The average molecular weight is 522 g/mol. The maximum atomic E-state index is 12.8. The topological polar surface area (TPSA) is 65.1 Å². The molecule has 162 valence electrons. The molecule has 1 aliphatic rings. The highest BCUT2D eigenvalue weighted by atomic mass is 79.9. The molecule has 1 heterocycles. The fourth-order valence-corrected chi connectivity index (χ4v) is 4.93. The lowest BCUT2D eigenvalue weighted by molar-refractivity contribution is -0.147. The molecule has 0 spiro atoms. The zero-order valence-corrected chi connectivity index (χ0v) is 20.3. The monoisotopic (exact) mass is 521 g/mol. The highest BCUT2D eigenvalue weighted by molar-refractivity contribution is 9.10. The predicted octanol–water partition coefficient (Wildman–Crippen LogP) is 4.80. The summed E-state index contributed by atoms with van der Waals surface area (Å²) in [7, 11) is 2.83. The molecule has 0 saturated carbocycles. The van der Waals surface area contributed by atoms with Crippen molar-refractivity contribution in [1.29, 1.82) is 0 Å². The molecule has 1 atom stereocenters. The molecular weight excluding hydrogens is 502 g/mol. The first kappa shape index (κ1) is 23.3. The minimum absolute atomic E-state index is 0.308. The second-order valence-electron chi connectivity index (χ2n) is 6.56. The largest absolute Gasteiger partial charge is 0.493 e. The first-order valence-corrected chi connectivity index (χ1v) is 11.3. The molecule has 0 bridgehead atoms. The van der Waals surface area contributed by atoms with Crippen LogP contribution in [0, 0.1) is 0 Å². The van der Waals surface area contributed by atoms with E-state index in [1.54, 1.807) is 26.2 Å². The molecule has 0 N–H and O–H groups in total. The third kappa shape index (κ3) is 5.28. The third-order valence-corrected chi connectivity index (χ3v) is 6.45. The number of thiocarbonyl (C=S) groups is 1. The number of amides is 1. The number of methoxy groups -OCH3 is 2. The lowest BCUT2D eigenvalue weighted by atomic mass is 10.1. The summed E-state index contributed by atoms with van der Waals surface area (Å²) in [6.07, 6.45) is 1.71. The third-order valence-electron chi connectivity index (χ3n) is 4.53. The number of hydrogen-bond donors (Lipinski definition) is 0. The van der Waals surface area contributed by atoms with Crippen LogP contribution < -0.4 is 9.47 Å². The van der Waals surface area contributed by atoms with Crippen LogP contribution in [0.15, 0.2) is 51.8 Å². The van der Waals surface area contributed by atoms with Crippen LogP contribution in [0.4, 0.5) is 0 Å². The van der Waals surface area contributed by atoms with Gasteiger partial charge in [0.25, 0.3) is 5.91 Å². The van der Waals surface area contributed by atoms with E-state index < -0.39 is 12.0 Å². The van der Waals surface area contributed by atoms with Gasteiger partial charge in [0, 0.05) is 0 Å². The Hall–Kier alpha value is -2.36. The minimum atomic E-state index is -0.793. The molecule has 2 aromatic rings. The van der Waals surface area contributed by atoms with E-state index in [0.717, 1.165) is 22.9 Å². The summed E-state index contributed by atoms with van der Waals surface area (Å²) in [5.74, 6) is 0.222. The molecule has 6 nitrogen and oxygen atoms in total. The Bertz CT molecular complexity index is 1040. The first-order valence-electron chi connectivity index (χ1n) is 9.24. The van der Waals surface area contributed by atoms with Crippen molar-refractivity contribution in [3.8, 4) is 11.5 Å².